The molecule has 1 aliphatic heterocycles. The lowest BCUT2D eigenvalue weighted by atomic mass is 10.1. The average molecular weight is 297 g/mol. The summed E-state index contributed by atoms with van der Waals surface area (Å²) in [4.78, 5) is 11.4. The first-order chi connectivity index (χ1) is 9.61. The zero-order valence-electron chi connectivity index (χ0n) is 10.5. The van der Waals surface area contributed by atoms with Gasteiger partial charge in [0, 0.05) is 6.42 Å². The van der Waals surface area contributed by atoms with Gasteiger partial charge >= 0.3 is 0 Å². The average Bonchev–Trinajstić information content (AvgIpc) is 3.01. The van der Waals surface area contributed by atoms with Crippen LogP contribution in [0.15, 0.2) is 12.7 Å². The lowest BCUT2D eigenvalue weighted by molar-refractivity contribution is 0.108. The van der Waals surface area contributed by atoms with E-state index in [1.54, 1.807) is 4.57 Å². The number of imidazole rings is 1. The fourth-order valence-electron chi connectivity index (χ4n) is 2.51. The van der Waals surface area contributed by atoms with E-state index in [1.807, 2.05) is 0 Å². The Bertz CT molecular complexity index is 636. The van der Waals surface area contributed by atoms with Gasteiger partial charge in [0.2, 0.25) is 0 Å². The van der Waals surface area contributed by atoms with Gasteiger partial charge in [-0.3, -0.25) is 4.57 Å². The molecule has 1 aliphatic rings. The molecule has 1 saturated heterocycles. The molecule has 0 bridgehead atoms. The molecule has 3 heterocycles. The maximum Gasteiger partial charge on any atom is 0.166 e. The van der Waals surface area contributed by atoms with E-state index in [0.29, 0.717) is 17.6 Å². The molecule has 0 saturated carbocycles. The van der Waals surface area contributed by atoms with Crippen LogP contribution in [0.4, 0.5) is 5.82 Å². The van der Waals surface area contributed by atoms with Crippen LogP contribution in [0.2, 0.25) is 0 Å². The third kappa shape index (κ3) is 1.85. The zero-order chi connectivity index (χ0) is 14.3. The van der Waals surface area contributed by atoms with Crippen LogP contribution >= 0.6 is 11.8 Å². The Morgan fingerprint density at radius 1 is 1.40 bits per heavy atom. The van der Waals surface area contributed by atoms with Crippen molar-refractivity contribution in [2.24, 2.45) is 0 Å². The first kappa shape index (κ1) is 13.6. The summed E-state index contributed by atoms with van der Waals surface area (Å²) >= 11 is 1.32. The van der Waals surface area contributed by atoms with Crippen molar-refractivity contribution < 1.29 is 15.3 Å². The second-order valence-electron chi connectivity index (χ2n) is 4.76. The molecule has 0 amide bonds. The van der Waals surface area contributed by atoms with Crippen molar-refractivity contribution in [1.29, 1.82) is 0 Å². The Morgan fingerprint density at radius 2 is 2.20 bits per heavy atom. The standard InChI is InChI=1S/C11H15N5O3S/c12-9-8-10(14-4-13-9)16(5-15-8)11(3-18)1-6(19)7(2-17)20-11/h4-7,17-19H,1-3H2,(H2,12,13,14)/t6-,7+,11-/m0/s1. The summed E-state index contributed by atoms with van der Waals surface area (Å²) < 4.78 is 1.70. The number of thioether (sulfide) groups is 1. The van der Waals surface area contributed by atoms with Gasteiger partial charge in [-0.25, -0.2) is 15.0 Å². The van der Waals surface area contributed by atoms with Crippen molar-refractivity contribution in [3.8, 4) is 0 Å². The topological polar surface area (TPSA) is 130 Å². The summed E-state index contributed by atoms with van der Waals surface area (Å²) in [6, 6.07) is 0. The van der Waals surface area contributed by atoms with Crippen molar-refractivity contribution in [2.75, 3.05) is 18.9 Å². The third-order valence-electron chi connectivity index (χ3n) is 3.56. The maximum atomic E-state index is 10.00. The van der Waals surface area contributed by atoms with Gasteiger partial charge in [0.15, 0.2) is 11.5 Å². The lowest BCUT2D eigenvalue weighted by Crippen LogP contribution is -2.32. The number of nitrogens with two attached hydrogens (primary N) is 1. The highest BCUT2D eigenvalue weighted by molar-refractivity contribution is 8.01. The van der Waals surface area contributed by atoms with Gasteiger partial charge in [-0.1, -0.05) is 0 Å². The fraction of sp³-hybridized carbons (Fsp3) is 0.545. The van der Waals surface area contributed by atoms with Gasteiger partial charge in [0.1, 0.15) is 16.7 Å². The highest BCUT2D eigenvalue weighted by Crippen LogP contribution is 2.47. The Morgan fingerprint density at radius 3 is 2.85 bits per heavy atom. The first-order valence-electron chi connectivity index (χ1n) is 6.13. The molecule has 0 unspecified atom stereocenters. The van der Waals surface area contributed by atoms with E-state index in [0.717, 1.165) is 0 Å². The highest BCUT2D eigenvalue weighted by Gasteiger charge is 2.47. The molecular formula is C11H15N5O3S. The minimum absolute atomic E-state index is 0.155. The molecule has 9 heteroatoms. The van der Waals surface area contributed by atoms with Crippen molar-refractivity contribution in [2.45, 2.75) is 22.6 Å². The number of fused-ring (bicyclic) bond motifs is 1. The van der Waals surface area contributed by atoms with Crippen molar-refractivity contribution in [3.63, 3.8) is 0 Å². The molecule has 0 aliphatic carbocycles. The van der Waals surface area contributed by atoms with Crippen LogP contribution < -0.4 is 5.73 Å². The number of aromatic nitrogens is 4. The first-order valence-corrected chi connectivity index (χ1v) is 7.01. The smallest absolute Gasteiger partial charge is 0.166 e. The van der Waals surface area contributed by atoms with Crippen LogP contribution in [0.25, 0.3) is 11.2 Å². The SMILES string of the molecule is Nc1ncnc2c1ncn2[C@@]1(CO)C[C@H](O)[C@@H](CO)S1. The van der Waals surface area contributed by atoms with Crippen LogP contribution in [0.1, 0.15) is 6.42 Å². The molecule has 108 valence electrons. The Kier molecular flexibility index (Phi) is 3.28. The van der Waals surface area contributed by atoms with Crippen molar-refractivity contribution in [1.82, 2.24) is 19.5 Å². The van der Waals surface area contributed by atoms with E-state index in [4.69, 9.17) is 5.73 Å². The van der Waals surface area contributed by atoms with Gasteiger partial charge in [0.05, 0.1) is 30.9 Å². The Balaban J connectivity index is 2.11. The largest absolute Gasteiger partial charge is 0.395 e. The summed E-state index contributed by atoms with van der Waals surface area (Å²) in [5.74, 6) is 0.268. The number of rotatable bonds is 3. The molecule has 0 spiro atoms. The van der Waals surface area contributed by atoms with E-state index >= 15 is 0 Å². The number of anilines is 1. The number of aliphatic hydroxyl groups is 3. The molecule has 5 N–H and O–H groups in total. The molecule has 8 nitrogen and oxygen atoms in total. The van der Waals surface area contributed by atoms with E-state index in [2.05, 4.69) is 15.0 Å². The third-order valence-corrected chi connectivity index (χ3v) is 5.25. The minimum Gasteiger partial charge on any atom is -0.395 e. The molecule has 0 aromatic carbocycles. The Hall–Kier alpha value is -1.42. The summed E-state index contributed by atoms with van der Waals surface area (Å²) in [5.41, 5.74) is 6.71. The molecular weight excluding hydrogens is 282 g/mol. The molecule has 3 atom stereocenters. The van der Waals surface area contributed by atoms with Gasteiger partial charge in [0.25, 0.3) is 0 Å². The van der Waals surface area contributed by atoms with Crippen LogP contribution in [0.5, 0.6) is 0 Å². The molecule has 20 heavy (non-hydrogen) atoms. The van der Waals surface area contributed by atoms with E-state index in [-0.39, 0.29) is 24.3 Å². The summed E-state index contributed by atoms with van der Waals surface area (Å²) in [6.07, 6.45) is 2.47. The molecule has 1 fully saturated rings. The fourth-order valence-corrected chi connectivity index (χ4v) is 3.99. The number of hydrogen-bond donors (Lipinski definition) is 4. The quantitative estimate of drug-likeness (QED) is 0.562. The Labute approximate surface area is 118 Å². The number of nitrogen functional groups attached to an aromatic ring is 1. The minimum atomic E-state index is -0.803. The second-order valence-corrected chi connectivity index (χ2v) is 6.36. The summed E-state index contributed by atoms with van der Waals surface area (Å²) in [5, 5.41) is 28.7. The van der Waals surface area contributed by atoms with Gasteiger partial charge in [-0.15, -0.1) is 11.8 Å². The lowest BCUT2D eigenvalue weighted by Gasteiger charge is -2.28. The predicted octanol–water partition coefficient (Wildman–Crippen LogP) is -1.09. The monoisotopic (exact) mass is 297 g/mol. The van der Waals surface area contributed by atoms with E-state index < -0.39 is 11.0 Å². The van der Waals surface area contributed by atoms with Gasteiger partial charge in [-0.05, 0) is 0 Å². The van der Waals surface area contributed by atoms with Gasteiger partial charge < -0.3 is 21.1 Å². The number of aliphatic hydroxyl groups excluding tert-OH is 3. The molecule has 2 aromatic heterocycles. The maximum absolute atomic E-state index is 10.00. The van der Waals surface area contributed by atoms with E-state index in [9.17, 15) is 15.3 Å². The van der Waals surface area contributed by atoms with Crippen molar-refractivity contribution >= 4 is 28.7 Å². The van der Waals surface area contributed by atoms with Crippen molar-refractivity contribution in [3.05, 3.63) is 12.7 Å². The normalized spacial score (nSPS) is 30.1. The highest BCUT2D eigenvalue weighted by atomic mass is 32.2. The molecule has 2 aromatic rings. The molecule has 0 radical (unpaired) electrons. The van der Waals surface area contributed by atoms with Crippen LogP contribution in [-0.4, -0.2) is 59.4 Å². The summed E-state index contributed by atoms with van der Waals surface area (Å²) in [7, 11) is 0. The van der Waals surface area contributed by atoms with Crippen LogP contribution in [0, 0.1) is 0 Å². The summed E-state index contributed by atoms with van der Waals surface area (Å²) in [6.45, 7) is -0.363. The predicted molar refractivity (Wildman–Crippen MR) is 73.9 cm³/mol. The van der Waals surface area contributed by atoms with E-state index in [1.165, 1.54) is 24.4 Å². The van der Waals surface area contributed by atoms with Gasteiger partial charge in [-0.2, -0.15) is 0 Å². The second kappa shape index (κ2) is 4.85. The zero-order valence-corrected chi connectivity index (χ0v) is 11.4. The number of hydrogen-bond acceptors (Lipinski definition) is 8. The van der Waals surface area contributed by atoms with Crippen LogP contribution in [0.3, 0.4) is 0 Å². The van der Waals surface area contributed by atoms with Crippen LogP contribution in [-0.2, 0) is 4.87 Å². The number of nitrogens with zero attached hydrogens (tertiary/aromatic N) is 4. The molecule has 3 rings (SSSR count).